The summed E-state index contributed by atoms with van der Waals surface area (Å²) in [4.78, 5) is 46.6. The molecular formula is C25H29NO12. The molecule has 1 aliphatic heterocycles. The molecule has 0 unspecified atom stereocenters. The standard InChI is InChI=1S/C25H29NO12/c1-3-24-19-11-4-5-12(27)20(19)38-21(24)14(6-7-25(24,35)16(8-11)26-2)37-23(34)13(28)9-18(31)36-15(22(32)33)10-17(29)30/h4-6,13,15-16,21,26-28,35H,3,7-10H2,1-2H3,(H,29,30)(H,32,33)/t13-,15-,16+,21-,24-,25+/m0/s1. The molecule has 38 heavy (non-hydrogen) atoms. The zero-order valence-corrected chi connectivity index (χ0v) is 20.7. The average Bonchev–Trinajstić information content (AvgIpc) is 3.23. The van der Waals surface area contributed by atoms with E-state index in [0.29, 0.717) is 18.4 Å². The van der Waals surface area contributed by atoms with Crippen molar-refractivity contribution in [3.8, 4) is 11.5 Å². The first-order valence-corrected chi connectivity index (χ1v) is 12.0. The van der Waals surface area contributed by atoms with Gasteiger partial charge < -0.3 is 45.1 Å². The SMILES string of the molecule is CC[C@]12c3c4ccc(O)c3O[C@H]1C(OC(=O)[C@@H](O)CC(=O)O[C@@H](CC(=O)O)C(=O)O)=CC[C@@]2(O)[C@H](NC)C4. The van der Waals surface area contributed by atoms with Crippen molar-refractivity contribution < 1.29 is 58.9 Å². The molecule has 1 heterocycles. The first kappa shape index (κ1) is 27.4. The number of ether oxygens (including phenoxy) is 3. The minimum Gasteiger partial charge on any atom is -0.504 e. The smallest absolute Gasteiger partial charge is 0.345 e. The first-order valence-electron chi connectivity index (χ1n) is 12.0. The van der Waals surface area contributed by atoms with E-state index in [1.807, 2.05) is 6.92 Å². The summed E-state index contributed by atoms with van der Waals surface area (Å²) in [6, 6.07) is 2.86. The lowest BCUT2D eigenvalue weighted by Gasteiger charge is -2.56. The van der Waals surface area contributed by atoms with Crippen molar-refractivity contribution >= 4 is 23.9 Å². The number of aliphatic hydroxyl groups is 2. The van der Waals surface area contributed by atoms with E-state index < -0.39 is 72.1 Å². The molecule has 3 aliphatic rings. The molecular weight excluding hydrogens is 506 g/mol. The summed E-state index contributed by atoms with van der Waals surface area (Å²) in [6.07, 6.45) is -4.76. The summed E-state index contributed by atoms with van der Waals surface area (Å²) in [5.74, 6) is -5.79. The Balaban J connectivity index is 1.56. The van der Waals surface area contributed by atoms with Gasteiger partial charge in [0.15, 0.2) is 23.7 Å². The van der Waals surface area contributed by atoms with Crippen LogP contribution in [0.4, 0.5) is 0 Å². The maximum absolute atomic E-state index is 12.7. The Morgan fingerprint density at radius 1 is 1.21 bits per heavy atom. The number of phenols is 1. The Morgan fingerprint density at radius 2 is 1.92 bits per heavy atom. The molecule has 1 aromatic carbocycles. The van der Waals surface area contributed by atoms with Gasteiger partial charge in [-0.15, -0.1) is 0 Å². The van der Waals surface area contributed by atoms with Crippen molar-refractivity contribution in [2.75, 3.05) is 7.05 Å². The Kier molecular flexibility index (Phi) is 7.12. The number of nitrogens with one attached hydrogen (secondary N) is 1. The van der Waals surface area contributed by atoms with E-state index in [-0.39, 0.29) is 23.7 Å². The number of carbonyl (C=O) groups excluding carboxylic acids is 2. The highest BCUT2D eigenvalue weighted by Crippen LogP contribution is 2.63. The number of carboxylic acid groups (broad SMARTS) is 2. The van der Waals surface area contributed by atoms with Gasteiger partial charge in [-0.05, 0) is 37.6 Å². The van der Waals surface area contributed by atoms with Crippen molar-refractivity contribution in [2.45, 2.75) is 74.4 Å². The highest BCUT2D eigenvalue weighted by atomic mass is 16.6. The fourth-order valence-corrected chi connectivity index (χ4v) is 5.95. The van der Waals surface area contributed by atoms with E-state index in [2.05, 4.69) is 10.1 Å². The highest BCUT2D eigenvalue weighted by molar-refractivity contribution is 5.85. The van der Waals surface area contributed by atoms with E-state index in [9.17, 15) is 34.5 Å². The first-order chi connectivity index (χ1) is 17.9. The molecule has 2 aliphatic carbocycles. The van der Waals surface area contributed by atoms with Crippen LogP contribution in [0, 0.1) is 0 Å². The van der Waals surface area contributed by atoms with Crippen LogP contribution < -0.4 is 10.1 Å². The van der Waals surface area contributed by atoms with Crippen LogP contribution in [0.15, 0.2) is 24.0 Å². The summed E-state index contributed by atoms with van der Waals surface area (Å²) in [6.45, 7) is 1.84. The second kappa shape index (κ2) is 9.89. The minimum absolute atomic E-state index is 0.0264. The van der Waals surface area contributed by atoms with E-state index in [1.165, 1.54) is 12.1 Å². The van der Waals surface area contributed by atoms with Crippen molar-refractivity contribution in [3.63, 3.8) is 0 Å². The van der Waals surface area contributed by atoms with Crippen molar-refractivity contribution in [2.24, 2.45) is 0 Å². The summed E-state index contributed by atoms with van der Waals surface area (Å²) in [5, 5.41) is 53.7. The fraction of sp³-hybridized carbons (Fsp3) is 0.520. The number of hydrogen-bond acceptors (Lipinski definition) is 11. The normalized spacial score (nSPS) is 28.3. The van der Waals surface area contributed by atoms with Gasteiger partial charge in [0.05, 0.1) is 23.9 Å². The maximum Gasteiger partial charge on any atom is 0.345 e. The molecule has 206 valence electrons. The van der Waals surface area contributed by atoms with Crippen LogP contribution in [0.25, 0.3) is 0 Å². The predicted molar refractivity (Wildman–Crippen MR) is 125 cm³/mol. The number of aliphatic hydroxyl groups excluding tert-OH is 1. The number of carbonyl (C=O) groups is 4. The Hall–Kier alpha value is -3.68. The largest absolute Gasteiger partial charge is 0.504 e. The maximum atomic E-state index is 12.7. The number of esters is 2. The monoisotopic (exact) mass is 535 g/mol. The topological polar surface area (TPSA) is 209 Å². The lowest BCUT2D eigenvalue weighted by atomic mass is 9.52. The van der Waals surface area contributed by atoms with Crippen molar-refractivity contribution in [3.05, 3.63) is 35.1 Å². The number of likely N-dealkylation sites (N-methyl/N-ethyl adjacent to an activating group) is 1. The van der Waals surface area contributed by atoms with Crippen LogP contribution in [-0.2, 0) is 40.5 Å². The van der Waals surface area contributed by atoms with Crippen molar-refractivity contribution in [1.82, 2.24) is 5.32 Å². The van der Waals surface area contributed by atoms with Gasteiger partial charge in [-0.2, -0.15) is 0 Å². The van der Waals surface area contributed by atoms with Gasteiger partial charge in [0.2, 0.25) is 6.10 Å². The van der Waals surface area contributed by atoms with Gasteiger partial charge in [0, 0.05) is 18.0 Å². The van der Waals surface area contributed by atoms with Crippen LogP contribution in [-0.4, -0.2) is 86.4 Å². The fourth-order valence-electron chi connectivity index (χ4n) is 5.95. The second-order valence-corrected chi connectivity index (χ2v) is 9.61. The molecule has 6 N–H and O–H groups in total. The minimum atomic E-state index is -2.06. The second-order valence-electron chi connectivity index (χ2n) is 9.61. The molecule has 0 radical (unpaired) electrons. The van der Waals surface area contributed by atoms with E-state index >= 15 is 0 Å². The number of rotatable bonds is 10. The summed E-state index contributed by atoms with van der Waals surface area (Å²) < 4.78 is 16.1. The predicted octanol–water partition coefficient (Wildman–Crippen LogP) is -0.271. The van der Waals surface area contributed by atoms with Crippen molar-refractivity contribution in [1.29, 1.82) is 0 Å². The lowest BCUT2D eigenvalue weighted by Crippen LogP contribution is -2.70. The average molecular weight is 536 g/mol. The van der Waals surface area contributed by atoms with Gasteiger partial charge in [-0.25, -0.2) is 9.59 Å². The van der Waals surface area contributed by atoms with Crippen LogP contribution in [0.1, 0.15) is 43.7 Å². The van der Waals surface area contributed by atoms with Gasteiger partial charge in [-0.3, -0.25) is 9.59 Å². The third-order valence-electron chi connectivity index (χ3n) is 7.66. The molecule has 1 aromatic rings. The highest BCUT2D eigenvalue weighted by Gasteiger charge is 2.69. The molecule has 0 amide bonds. The molecule has 6 atom stereocenters. The van der Waals surface area contributed by atoms with Gasteiger partial charge >= 0.3 is 23.9 Å². The molecule has 4 rings (SSSR count). The van der Waals surface area contributed by atoms with E-state index in [4.69, 9.17) is 19.7 Å². The molecule has 0 spiro atoms. The summed E-state index contributed by atoms with van der Waals surface area (Å²) in [7, 11) is 1.73. The third kappa shape index (κ3) is 4.16. The molecule has 0 aromatic heterocycles. The van der Waals surface area contributed by atoms with Crippen LogP contribution in [0.3, 0.4) is 0 Å². The van der Waals surface area contributed by atoms with E-state index in [0.717, 1.165) is 5.56 Å². The zero-order chi connectivity index (χ0) is 28.0. The molecule has 13 nitrogen and oxygen atoms in total. The quantitative estimate of drug-likeness (QED) is 0.213. The van der Waals surface area contributed by atoms with Gasteiger partial charge in [-0.1, -0.05) is 13.0 Å². The lowest BCUT2D eigenvalue weighted by molar-refractivity contribution is -0.171. The number of hydrogen-bond donors (Lipinski definition) is 6. The van der Waals surface area contributed by atoms with Crippen LogP contribution in [0.2, 0.25) is 0 Å². The summed E-state index contributed by atoms with van der Waals surface area (Å²) in [5.41, 5.74) is -0.997. The molecule has 0 saturated carbocycles. The Bertz CT molecular complexity index is 1210. The number of aliphatic carboxylic acids is 2. The van der Waals surface area contributed by atoms with Gasteiger partial charge in [0.1, 0.15) is 5.76 Å². The Labute approximate surface area is 216 Å². The number of carboxylic acids is 2. The molecule has 13 heteroatoms. The van der Waals surface area contributed by atoms with Crippen LogP contribution >= 0.6 is 0 Å². The third-order valence-corrected chi connectivity index (χ3v) is 7.66. The zero-order valence-electron chi connectivity index (χ0n) is 20.7. The number of aromatic hydroxyl groups is 1. The summed E-state index contributed by atoms with van der Waals surface area (Å²) >= 11 is 0. The molecule has 0 fully saturated rings. The van der Waals surface area contributed by atoms with E-state index in [1.54, 1.807) is 13.1 Å². The number of phenolic OH excluding ortho intramolecular Hbond substituents is 1. The van der Waals surface area contributed by atoms with Gasteiger partial charge in [0.25, 0.3) is 0 Å². The number of benzene rings is 1. The molecule has 0 bridgehead atoms. The Morgan fingerprint density at radius 3 is 2.53 bits per heavy atom. The molecule has 0 saturated heterocycles. The van der Waals surface area contributed by atoms with Crippen LogP contribution in [0.5, 0.6) is 11.5 Å².